The number of para-hydroxylation sites is 1. The minimum atomic E-state index is -0.0299. The fraction of sp³-hybridized carbons (Fsp3) is 0.562. The average Bonchev–Trinajstić information content (AvgIpc) is 2.46. The summed E-state index contributed by atoms with van der Waals surface area (Å²) in [4.78, 5) is 11.4. The standard InChI is InChI=1S/C16H24ClNO2/c1-2-3-4-7-12-20-15-9-6-5-8-14(15)13-18-16(19)10-11-17/h5-6,8-9H,2-4,7,10-13H2,1H3,(H,18,19). The average molecular weight is 298 g/mol. The van der Waals surface area contributed by atoms with Crippen molar-refractivity contribution in [2.45, 2.75) is 45.6 Å². The van der Waals surface area contributed by atoms with Gasteiger partial charge in [0.15, 0.2) is 0 Å². The van der Waals surface area contributed by atoms with Crippen LogP contribution < -0.4 is 10.1 Å². The number of benzene rings is 1. The van der Waals surface area contributed by atoms with Crippen molar-refractivity contribution in [3.8, 4) is 5.75 Å². The zero-order valence-electron chi connectivity index (χ0n) is 12.2. The van der Waals surface area contributed by atoms with Crippen LogP contribution >= 0.6 is 11.6 Å². The topological polar surface area (TPSA) is 38.3 Å². The van der Waals surface area contributed by atoms with E-state index >= 15 is 0 Å². The van der Waals surface area contributed by atoms with Gasteiger partial charge in [0.25, 0.3) is 0 Å². The number of halogens is 1. The zero-order chi connectivity index (χ0) is 14.6. The Morgan fingerprint density at radius 1 is 1.25 bits per heavy atom. The number of amides is 1. The van der Waals surface area contributed by atoms with E-state index in [0.717, 1.165) is 24.3 Å². The Labute approximate surface area is 126 Å². The summed E-state index contributed by atoms with van der Waals surface area (Å²) in [6.45, 7) is 3.41. The van der Waals surface area contributed by atoms with Crippen LogP contribution in [0.15, 0.2) is 24.3 Å². The zero-order valence-corrected chi connectivity index (χ0v) is 12.9. The monoisotopic (exact) mass is 297 g/mol. The Balaban J connectivity index is 2.40. The molecule has 1 amide bonds. The summed E-state index contributed by atoms with van der Waals surface area (Å²) in [6.07, 6.45) is 5.09. The van der Waals surface area contributed by atoms with Crippen molar-refractivity contribution in [3.05, 3.63) is 29.8 Å². The highest BCUT2D eigenvalue weighted by Crippen LogP contribution is 2.18. The molecule has 1 aromatic rings. The number of hydrogen-bond donors (Lipinski definition) is 1. The summed E-state index contributed by atoms with van der Waals surface area (Å²) in [5.74, 6) is 1.18. The van der Waals surface area contributed by atoms with Crippen LogP contribution in [0, 0.1) is 0 Å². The Bertz CT molecular complexity index is 396. The SMILES string of the molecule is CCCCCCOc1ccccc1CNC(=O)CCCl. The van der Waals surface area contributed by atoms with E-state index in [2.05, 4.69) is 12.2 Å². The number of nitrogens with one attached hydrogen (secondary N) is 1. The summed E-state index contributed by atoms with van der Waals surface area (Å²) in [5, 5.41) is 2.85. The molecule has 0 saturated heterocycles. The van der Waals surface area contributed by atoms with Gasteiger partial charge in [0.1, 0.15) is 5.75 Å². The second kappa shape index (κ2) is 10.6. The Kier molecular flexibility index (Phi) is 8.88. The first-order valence-corrected chi connectivity index (χ1v) is 7.84. The fourth-order valence-electron chi connectivity index (χ4n) is 1.87. The third-order valence-electron chi connectivity index (χ3n) is 3.03. The van der Waals surface area contributed by atoms with Crippen LogP contribution in [0.25, 0.3) is 0 Å². The smallest absolute Gasteiger partial charge is 0.221 e. The van der Waals surface area contributed by atoms with Gasteiger partial charge in [-0.2, -0.15) is 0 Å². The van der Waals surface area contributed by atoms with Crippen molar-refractivity contribution < 1.29 is 9.53 Å². The van der Waals surface area contributed by atoms with Crippen molar-refractivity contribution in [1.82, 2.24) is 5.32 Å². The van der Waals surface area contributed by atoms with Gasteiger partial charge < -0.3 is 10.1 Å². The second-order valence-electron chi connectivity index (χ2n) is 4.73. The Hall–Kier alpha value is -1.22. The summed E-state index contributed by atoms with van der Waals surface area (Å²) in [7, 11) is 0. The Morgan fingerprint density at radius 2 is 2.05 bits per heavy atom. The first-order valence-electron chi connectivity index (χ1n) is 7.31. The van der Waals surface area contributed by atoms with Crippen LogP contribution in [0.3, 0.4) is 0 Å². The molecular formula is C16H24ClNO2. The van der Waals surface area contributed by atoms with Crippen LogP contribution in [0.2, 0.25) is 0 Å². The number of rotatable bonds is 10. The van der Waals surface area contributed by atoms with E-state index in [9.17, 15) is 4.79 Å². The molecule has 0 unspecified atom stereocenters. The molecule has 0 aliphatic rings. The number of ether oxygens (including phenoxy) is 1. The highest BCUT2D eigenvalue weighted by atomic mass is 35.5. The number of unbranched alkanes of at least 4 members (excludes halogenated alkanes) is 3. The van der Waals surface area contributed by atoms with Crippen molar-refractivity contribution in [3.63, 3.8) is 0 Å². The molecule has 0 saturated carbocycles. The summed E-state index contributed by atoms with van der Waals surface area (Å²) < 4.78 is 5.80. The van der Waals surface area contributed by atoms with Crippen molar-refractivity contribution >= 4 is 17.5 Å². The van der Waals surface area contributed by atoms with Crippen LogP contribution in [0.4, 0.5) is 0 Å². The minimum Gasteiger partial charge on any atom is -0.493 e. The maximum atomic E-state index is 11.4. The molecule has 0 spiro atoms. The van der Waals surface area contributed by atoms with Gasteiger partial charge in [-0.15, -0.1) is 11.6 Å². The largest absolute Gasteiger partial charge is 0.493 e. The Morgan fingerprint density at radius 3 is 2.80 bits per heavy atom. The number of carbonyl (C=O) groups excluding carboxylic acids is 1. The molecule has 4 heteroatoms. The molecule has 3 nitrogen and oxygen atoms in total. The highest BCUT2D eigenvalue weighted by Gasteiger charge is 2.05. The van der Waals surface area contributed by atoms with Crippen molar-refractivity contribution in [2.75, 3.05) is 12.5 Å². The minimum absolute atomic E-state index is 0.0299. The van der Waals surface area contributed by atoms with Gasteiger partial charge in [-0.05, 0) is 12.5 Å². The maximum Gasteiger partial charge on any atom is 0.221 e. The van der Waals surface area contributed by atoms with E-state index in [1.54, 1.807) is 0 Å². The van der Waals surface area contributed by atoms with Gasteiger partial charge in [-0.25, -0.2) is 0 Å². The van der Waals surface area contributed by atoms with Gasteiger partial charge in [0.2, 0.25) is 5.91 Å². The quantitative estimate of drug-likeness (QED) is 0.525. The molecule has 1 rings (SSSR count). The van der Waals surface area contributed by atoms with Crippen LogP contribution in [-0.4, -0.2) is 18.4 Å². The molecule has 0 aliphatic heterocycles. The molecule has 0 heterocycles. The predicted octanol–water partition coefficient (Wildman–Crippen LogP) is 3.89. The molecule has 1 aromatic carbocycles. The van der Waals surface area contributed by atoms with Gasteiger partial charge in [0, 0.05) is 24.4 Å². The van der Waals surface area contributed by atoms with Crippen LogP contribution in [-0.2, 0) is 11.3 Å². The van der Waals surface area contributed by atoms with E-state index < -0.39 is 0 Å². The van der Waals surface area contributed by atoms with Gasteiger partial charge in [0.05, 0.1) is 6.61 Å². The third kappa shape index (κ3) is 6.80. The fourth-order valence-corrected chi connectivity index (χ4v) is 2.04. The summed E-state index contributed by atoms with van der Waals surface area (Å²) in [6, 6.07) is 7.82. The molecule has 0 bridgehead atoms. The lowest BCUT2D eigenvalue weighted by atomic mass is 10.2. The molecule has 0 aromatic heterocycles. The molecule has 1 N–H and O–H groups in total. The predicted molar refractivity (Wildman–Crippen MR) is 83.3 cm³/mol. The lowest BCUT2D eigenvalue weighted by Crippen LogP contribution is -2.23. The molecule has 0 radical (unpaired) electrons. The van der Waals surface area contributed by atoms with Crippen LogP contribution in [0.1, 0.15) is 44.6 Å². The van der Waals surface area contributed by atoms with Gasteiger partial charge >= 0.3 is 0 Å². The molecule has 0 aliphatic carbocycles. The first-order chi connectivity index (χ1) is 9.77. The number of alkyl halides is 1. The first kappa shape index (κ1) is 16.8. The molecule has 20 heavy (non-hydrogen) atoms. The van der Waals surface area contributed by atoms with Crippen molar-refractivity contribution in [2.24, 2.45) is 0 Å². The molecule has 112 valence electrons. The molecule has 0 fully saturated rings. The van der Waals surface area contributed by atoms with E-state index in [-0.39, 0.29) is 5.91 Å². The van der Waals surface area contributed by atoms with Gasteiger partial charge in [-0.3, -0.25) is 4.79 Å². The molecular weight excluding hydrogens is 274 g/mol. The maximum absolute atomic E-state index is 11.4. The van der Waals surface area contributed by atoms with E-state index in [4.69, 9.17) is 16.3 Å². The lowest BCUT2D eigenvalue weighted by molar-refractivity contribution is -0.120. The lowest BCUT2D eigenvalue weighted by Gasteiger charge is -2.12. The normalized spacial score (nSPS) is 10.3. The summed E-state index contributed by atoms with van der Waals surface area (Å²) >= 11 is 5.53. The summed E-state index contributed by atoms with van der Waals surface area (Å²) in [5.41, 5.74) is 1.01. The third-order valence-corrected chi connectivity index (χ3v) is 3.21. The van der Waals surface area contributed by atoms with Gasteiger partial charge in [-0.1, -0.05) is 44.4 Å². The van der Waals surface area contributed by atoms with Crippen LogP contribution in [0.5, 0.6) is 5.75 Å². The van der Waals surface area contributed by atoms with E-state index in [0.29, 0.717) is 18.8 Å². The van der Waals surface area contributed by atoms with Crippen molar-refractivity contribution in [1.29, 1.82) is 0 Å². The second-order valence-corrected chi connectivity index (χ2v) is 5.11. The van der Waals surface area contributed by atoms with E-state index in [1.807, 2.05) is 24.3 Å². The number of hydrogen-bond acceptors (Lipinski definition) is 2. The number of carbonyl (C=O) groups is 1. The van der Waals surface area contributed by atoms with E-state index in [1.165, 1.54) is 19.3 Å². The highest BCUT2D eigenvalue weighted by molar-refractivity contribution is 6.18. The molecule has 0 atom stereocenters.